The van der Waals surface area contributed by atoms with E-state index in [2.05, 4.69) is 13.2 Å². The largest absolute Gasteiger partial charge is 0.396 e. The van der Waals surface area contributed by atoms with Crippen molar-refractivity contribution < 1.29 is 38.1 Å². The van der Waals surface area contributed by atoms with E-state index in [1.54, 1.807) is 0 Å². The second kappa shape index (κ2) is 12.6. The summed E-state index contributed by atoms with van der Waals surface area (Å²) in [5.41, 5.74) is -1.19. The third kappa shape index (κ3) is 9.60. The fourth-order valence-electron chi connectivity index (χ4n) is 0.966. The molecule has 0 saturated carbocycles. The van der Waals surface area contributed by atoms with E-state index in [0.29, 0.717) is 0 Å². The molecule has 0 aromatic carbocycles. The minimum absolute atomic E-state index is 0.112. The quantitative estimate of drug-likeness (QED) is 0.270. The summed E-state index contributed by atoms with van der Waals surface area (Å²) in [4.78, 5) is 18.8. The van der Waals surface area contributed by atoms with Gasteiger partial charge < -0.3 is 38.1 Å². The summed E-state index contributed by atoms with van der Waals surface area (Å²) in [6.45, 7) is 5.68. The molecular weight excluding hydrogens is 322 g/mol. The lowest BCUT2D eigenvalue weighted by Gasteiger charge is -2.29. The first-order valence-electron chi connectivity index (χ1n) is 5.96. The summed E-state index contributed by atoms with van der Waals surface area (Å²) in [5.74, 6) is 0. The van der Waals surface area contributed by atoms with E-state index in [-0.39, 0.29) is 26.4 Å². The zero-order valence-corrected chi connectivity index (χ0v) is 13.4. The lowest BCUT2D eigenvalue weighted by molar-refractivity contribution is -0.0256. The fourth-order valence-corrected chi connectivity index (χ4v) is 2.35. The maximum Gasteiger partial charge on any atom is 0.330 e. The first-order valence-corrected chi connectivity index (χ1v) is 8.23. The van der Waals surface area contributed by atoms with E-state index in [1.807, 2.05) is 0 Å². The molecule has 0 amide bonds. The van der Waals surface area contributed by atoms with Gasteiger partial charge in [0.25, 0.3) is 0 Å². The molecule has 0 aliphatic carbocycles. The fraction of sp³-hybridized carbons (Fsp3) is 0.636. The van der Waals surface area contributed by atoms with Crippen LogP contribution in [0.1, 0.15) is 0 Å². The Hall–Kier alpha value is 0.0200. The Morgan fingerprint density at radius 3 is 1.48 bits per heavy atom. The zero-order valence-electron chi connectivity index (χ0n) is 11.6. The standard InChI is InChI=1S/C11H22O8P2/c1-3-5-16-20(14)18-9-11(7-12,8-13)10-19-21(15)17-6-4-2/h3-4,12-15H,1-2,5-10H2. The average Bonchev–Trinajstić information content (AvgIpc) is 2.51. The van der Waals surface area contributed by atoms with Crippen LogP contribution in [0.5, 0.6) is 0 Å². The van der Waals surface area contributed by atoms with Crippen molar-refractivity contribution in [3.05, 3.63) is 25.3 Å². The summed E-state index contributed by atoms with van der Waals surface area (Å²) in [6.07, 6.45) is 2.89. The Bertz CT molecular complexity index is 263. The van der Waals surface area contributed by atoms with Gasteiger partial charge >= 0.3 is 17.2 Å². The first-order chi connectivity index (χ1) is 10.0. The van der Waals surface area contributed by atoms with Crippen LogP contribution in [0, 0.1) is 5.41 Å². The molecule has 0 rings (SSSR count). The number of hydrogen-bond donors (Lipinski definition) is 4. The van der Waals surface area contributed by atoms with Crippen LogP contribution in [-0.4, -0.2) is 59.6 Å². The van der Waals surface area contributed by atoms with E-state index in [4.69, 9.17) is 18.1 Å². The molecule has 0 heterocycles. The molecule has 0 fully saturated rings. The summed E-state index contributed by atoms with van der Waals surface area (Å²) in [5, 5.41) is 18.7. The van der Waals surface area contributed by atoms with Gasteiger partial charge in [0.15, 0.2) is 0 Å². The van der Waals surface area contributed by atoms with Gasteiger partial charge in [-0.05, 0) is 0 Å². The van der Waals surface area contributed by atoms with Crippen LogP contribution in [0.4, 0.5) is 0 Å². The SMILES string of the molecule is C=CCOP(O)OCC(CO)(CO)COP(O)OCC=C. The van der Waals surface area contributed by atoms with Gasteiger partial charge in [-0.1, -0.05) is 12.2 Å². The highest BCUT2D eigenvalue weighted by Gasteiger charge is 2.32. The number of rotatable bonds is 14. The first kappa shape index (κ1) is 21.0. The molecule has 0 aromatic rings. The number of aliphatic hydroxyl groups is 2. The molecule has 8 nitrogen and oxygen atoms in total. The van der Waals surface area contributed by atoms with Gasteiger partial charge in [-0.25, -0.2) is 0 Å². The van der Waals surface area contributed by atoms with Crippen LogP contribution >= 0.6 is 17.2 Å². The molecule has 2 unspecified atom stereocenters. The highest BCUT2D eigenvalue weighted by Crippen LogP contribution is 2.38. The van der Waals surface area contributed by atoms with E-state index in [9.17, 15) is 20.0 Å². The summed E-state index contributed by atoms with van der Waals surface area (Å²) in [7, 11) is -4.30. The van der Waals surface area contributed by atoms with Gasteiger partial charge in [0.05, 0.1) is 45.1 Å². The van der Waals surface area contributed by atoms with Gasteiger partial charge in [0, 0.05) is 0 Å². The van der Waals surface area contributed by atoms with Crippen LogP contribution in [0.15, 0.2) is 25.3 Å². The van der Waals surface area contributed by atoms with Crippen molar-refractivity contribution in [3.8, 4) is 0 Å². The minimum Gasteiger partial charge on any atom is -0.396 e. The molecule has 0 aromatic heterocycles. The van der Waals surface area contributed by atoms with E-state index in [0.717, 1.165) is 0 Å². The van der Waals surface area contributed by atoms with Gasteiger partial charge in [-0.2, -0.15) is 0 Å². The maximum absolute atomic E-state index is 9.42. The summed E-state index contributed by atoms with van der Waals surface area (Å²) in [6, 6.07) is 0. The molecule has 0 bridgehead atoms. The Kier molecular flexibility index (Phi) is 12.6. The lowest BCUT2D eigenvalue weighted by atomic mass is 9.93. The van der Waals surface area contributed by atoms with Crippen molar-refractivity contribution in [2.45, 2.75) is 0 Å². The molecule has 0 saturated heterocycles. The molecule has 21 heavy (non-hydrogen) atoms. The number of aliphatic hydroxyl groups excluding tert-OH is 2. The van der Waals surface area contributed by atoms with Crippen LogP contribution in [0.25, 0.3) is 0 Å². The second-order valence-corrected chi connectivity index (χ2v) is 5.99. The highest BCUT2D eigenvalue weighted by atomic mass is 31.2. The molecule has 4 N–H and O–H groups in total. The van der Waals surface area contributed by atoms with Crippen molar-refractivity contribution >= 4 is 17.2 Å². The van der Waals surface area contributed by atoms with Crippen molar-refractivity contribution in [1.82, 2.24) is 0 Å². The molecular formula is C11H22O8P2. The molecule has 0 aliphatic rings. The predicted molar refractivity (Wildman–Crippen MR) is 79.1 cm³/mol. The third-order valence-corrected chi connectivity index (χ3v) is 3.68. The van der Waals surface area contributed by atoms with Crippen molar-refractivity contribution in [1.29, 1.82) is 0 Å². The molecule has 124 valence electrons. The third-order valence-electron chi connectivity index (χ3n) is 2.24. The smallest absolute Gasteiger partial charge is 0.330 e. The van der Waals surface area contributed by atoms with E-state index < -0.39 is 35.8 Å². The van der Waals surface area contributed by atoms with Gasteiger partial charge in [0.2, 0.25) is 0 Å². The van der Waals surface area contributed by atoms with Crippen LogP contribution in [0.2, 0.25) is 0 Å². The van der Waals surface area contributed by atoms with E-state index >= 15 is 0 Å². The van der Waals surface area contributed by atoms with Crippen molar-refractivity contribution in [3.63, 3.8) is 0 Å². The maximum atomic E-state index is 9.42. The Morgan fingerprint density at radius 2 is 1.19 bits per heavy atom. The molecule has 0 aliphatic heterocycles. The summed E-state index contributed by atoms with van der Waals surface area (Å²) >= 11 is 0. The molecule has 10 heteroatoms. The Labute approximate surface area is 126 Å². The van der Waals surface area contributed by atoms with Crippen LogP contribution in [-0.2, 0) is 18.1 Å². The molecule has 2 atom stereocenters. The highest BCUT2D eigenvalue weighted by molar-refractivity contribution is 7.40. The Morgan fingerprint density at radius 1 is 0.810 bits per heavy atom. The van der Waals surface area contributed by atoms with Gasteiger partial charge in [-0.15, -0.1) is 13.2 Å². The van der Waals surface area contributed by atoms with Crippen LogP contribution < -0.4 is 0 Å². The normalized spacial score (nSPS) is 14.7. The van der Waals surface area contributed by atoms with Gasteiger partial charge in [0.1, 0.15) is 0 Å². The lowest BCUT2D eigenvalue weighted by Crippen LogP contribution is -2.39. The second-order valence-electron chi connectivity index (χ2n) is 4.01. The monoisotopic (exact) mass is 344 g/mol. The summed E-state index contributed by atoms with van der Waals surface area (Å²) < 4.78 is 19.7. The minimum atomic E-state index is -2.15. The average molecular weight is 344 g/mol. The zero-order chi connectivity index (χ0) is 16.1. The van der Waals surface area contributed by atoms with Crippen LogP contribution in [0.3, 0.4) is 0 Å². The van der Waals surface area contributed by atoms with E-state index in [1.165, 1.54) is 12.2 Å². The van der Waals surface area contributed by atoms with Crippen molar-refractivity contribution in [2.75, 3.05) is 39.6 Å². The molecule has 0 radical (unpaired) electrons. The molecule has 0 spiro atoms. The number of hydrogen-bond acceptors (Lipinski definition) is 8. The Balaban J connectivity index is 4.27. The van der Waals surface area contributed by atoms with Gasteiger partial charge in [-0.3, -0.25) is 0 Å². The van der Waals surface area contributed by atoms with Crippen molar-refractivity contribution in [2.24, 2.45) is 5.41 Å². The topological polar surface area (TPSA) is 118 Å². The predicted octanol–water partition coefficient (Wildman–Crippen LogP) is 0.834.